The van der Waals surface area contributed by atoms with Crippen LogP contribution in [0.3, 0.4) is 0 Å². The molecule has 0 spiro atoms. The van der Waals surface area contributed by atoms with Gasteiger partial charge in [0.15, 0.2) is 0 Å². The van der Waals surface area contributed by atoms with E-state index in [2.05, 4.69) is 16.4 Å². The first kappa shape index (κ1) is 12.3. The second-order valence-electron chi connectivity index (χ2n) is 4.78. The van der Waals surface area contributed by atoms with Crippen LogP contribution in [0.15, 0.2) is 18.3 Å². The summed E-state index contributed by atoms with van der Waals surface area (Å²) < 4.78 is 0. The van der Waals surface area contributed by atoms with Crippen LogP contribution in [0, 0.1) is 0 Å². The molecule has 0 radical (unpaired) electrons. The standard InChI is InChI=1S/C13H21N3O/c1-10(9-17)16(2)13-11(4-3-7-14-13)8-15-12-5-6-12/h3-4,7,10,12,15,17H,5-6,8-9H2,1-2H3. The minimum Gasteiger partial charge on any atom is -0.394 e. The SMILES string of the molecule is CC(CO)N(C)c1ncccc1CNC1CC1. The van der Waals surface area contributed by atoms with Gasteiger partial charge in [-0.3, -0.25) is 0 Å². The van der Waals surface area contributed by atoms with Gasteiger partial charge in [-0.15, -0.1) is 0 Å². The largest absolute Gasteiger partial charge is 0.394 e. The smallest absolute Gasteiger partial charge is 0.133 e. The molecule has 1 saturated carbocycles. The van der Waals surface area contributed by atoms with E-state index >= 15 is 0 Å². The van der Waals surface area contributed by atoms with Crippen molar-refractivity contribution in [2.45, 2.75) is 38.4 Å². The van der Waals surface area contributed by atoms with Gasteiger partial charge in [-0.2, -0.15) is 0 Å². The number of pyridine rings is 1. The van der Waals surface area contributed by atoms with E-state index in [4.69, 9.17) is 0 Å². The molecule has 1 unspecified atom stereocenters. The molecule has 1 fully saturated rings. The Kier molecular flexibility index (Phi) is 3.97. The fraction of sp³-hybridized carbons (Fsp3) is 0.615. The summed E-state index contributed by atoms with van der Waals surface area (Å²) in [7, 11) is 1.98. The molecule has 1 aliphatic carbocycles. The first-order valence-corrected chi connectivity index (χ1v) is 6.23. The molecule has 0 bridgehead atoms. The van der Waals surface area contributed by atoms with Gasteiger partial charge >= 0.3 is 0 Å². The molecule has 2 rings (SSSR count). The highest BCUT2D eigenvalue weighted by molar-refractivity contribution is 5.46. The first-order valence-electron chi connectivity index (χ1n) is 6.23. The Morgan fingerprint density at radius 1 is 1.59 bits per heavy atom. The molecule has 0 aliphatic heterocycles. The second kappa shape index (κ2) is 5.47. The molecule has 0 aromatic carbocycles. The Hall–Kier alpha value is -1.13. The van der Waals surface area contributed by atoms with Gasteiger partial charge in [-0.25, -0.2) is 4.98 Å². The summed E-state index contributed by atoms with van der Waals surface area (Å²) in [6.07, 6.45) is 4.38. The Morgan fingerprint density at radius 2 is 2.35 bits per heavy atom. The van der Waals surface area contributed by atoms with Crippen LogP contribution >= 0.6 is 0 Å². The average molecular weight is 235 g/mol. The number of aliphatic hydroxyl groups is 1. The van der Waals surface area contributed by atoms with Gasteiger partial charge in [-0.05, 0) is 25.8 Å². The fourth-order valence-corrected chi connectivity index (χ4v) is 1.76. The van der Waals surface area contributed by atoms with E-state index in [0.29, 0.717) is 6.04 Å². The lowest BCUT2D eigenvalue weighted by Crippen LogP contribution is -2.33. The van der Waals surface area contributed by atoms with Crippen molar-refractivity contribution in [3.05, 3.63) is 23.9 Å². The molecule has 4 heteroatoms. The van der Waals surface area contributed by atoms with E-state index in [1.807, 2.05) is 24.9 Å². The molecule has 4 nitrogen and oxygen atoms in total. The van der Waals surface area contributed by atoms with Gasteiger partial charge in [0.1, 0.15) is 5.82 Å². The maximum atomic E-state index is 9.20. The zero-order valence-electron chi connectivity index (χ0n) is 10.6. The maximum Gasteiger partial charge on any atom is 0.133 e. The third-order valence-corrected chi connectivity index (χ3v) is 3.29. The topological polar surface area (TPSA) is 48.4 Å². The molecule has 17 heavy (non-hydrogen) atoms. The first-order chi connectivity index (χ1) is 8.22. The van der Waals surface area contributed by atoms with E-state index in [-0.39, 0.29) is 12.6 Å². The molecule has 1 aliphatic rings. The van der Waals surface area contributed by atoms with Gasteiger partial charge in [0.2, 0.25) is 0 Å². The number of rotatable bonds is 6. The van der Waals surface area contributed by atoms with Gasteiger partial charge in [0, 0.05) is 31.4 Å². The van der Waals surface area contributed by atoms with Crippen LogP contribution in [0.25, 0.3) is 0 Å². The van der Waals surface area contributed by atoms with Gasteiger partial charge in [0.25, 0.3) is 0 Å². The zero-order valence-corrected chi connectivity index (χ0v) is 10.6. The van der Waals surface area contributed by atoms with E-state index < -0.39 is 0 Å². The number of hydrogen-bond acceptors (Lipinski definition) is 4. The van der Waals surface area contributed by atoms with Gasteiger partial charge in [-0.1, -0.05) is 6.07 Å². The van der Waals surface area contributed by atoms with Crippen molar-refractivity contribution in [3.63, 3.8) is 0 Å². The van der Waals surface area contributed by atoms with E-state index in [1.165, 1.54) is 18.4 Å². The number of likely N-dealkylation sites (N-methyl/N-ethyl adjacent to an activating group) is 1. The number of hydrogen-bond donors (Lipinski definition) is 2. The van der Waals surface area contributed by atoms with Crippen LogP contribution < -0.4 is 10.2 Å². The summed E-state index contributed by atoms with van der Waals surface area (Å²) >= 11 is 0. The monoisotopic (exact) mass is 235 g/mol. The fourth-order valence-electron chi connectivity index (χ4n) is 1.76. The Bertz CT molecular complexity index is 365. The highest BCUT2D eigenvalue weighted by Crippen LogP contribution is 2.22. The average Bonchev–Trinajstić information content (AvgIpc) is 3.19. The number of nitrogens with one attached hydrogen (secondary N) is 1. The lowest BCUT2D eigenvalue weighted by Gasteiger charge is -2.26. The predicted octanol–water partition coefficient (Wildman–Crippen LogP) is 1.15. The summed E-state index contributed by atoms with van der Waals surface area (Å²) in [5, 5.41) is 12.7. The van der Waals surface area contributed by atoms with Crippen molar-refractivity contribution in [3.8, 4) is 0 Å². The van der Waals surface area contributed by atoms with E-state index in [1.54, 1.807) is 6.20 Å². The molecule has 2 N–H and O–H groups in total. The van der Waals surface area contributed by atoms with Crippen molar-refractivity contribution in [1.82, 2.24) is 10.3 Å². The molecule has 1 heterocycles. The maximum absolute atomic E-state index is 9.20. The van der Waals surface area contributed by atoms with Gasteiger partial charge in [0.05, 0.1) is 12.6 Å². The van der Waals surface area contributed by atoms with Crippen LogP contribution in [-0.4, -0.2) is 35.8 Å². The third-order valence-electron chi connectivity index (χ3n) is 3.29. The highest BCUT2D eigenvalue weighted by atomic mass is 16.3. The number of anilines is 1. The summed E-state index contributed by atoms with van der Waals surface area (Å²) in [5.41, 5.74) is 1.20. The number of nitrogens with zero attached hydrogens (tertiary/aromatic N) is 2. The van der Waals surface area contributed by atoms with Crippen molar-refractivity contribution in [1.29, 1.82) is 0 Å². The summed E-state index contributed by atoms with van der Waals surface area (Å²) in [5.74, 6) is 0.960. The van der Waals surface area contributed by atoms with Crippen LogP contribution in [0.1, 0.15) is 25.3 Å². The Labute approximate surface area is 103 Å². The molecular formula is C13H21N3O. The summed E-state index contributed by atoms with van der Waals surface area (Å²) in [4.78, 5) is 6.45. The molecule has 1 aromatic heterocycles. The lowest BCUT2D eigenvalue weighted by atomic mass is 10.2. The highest BCUT2D eigenvalue weighted by Gasteiger charge is 2.21. The number of aliphatic hydroxyl groups excluding tert-OH is 1. The Balaban J connectivity index is 2.07. The van der Waals surface area contributed by atoms with Crippen LogP contribution in [0.2, 0.25) is 0 Å². The molecule has 94 valence electrons. The predicted molar refractivity (Wildman–Crippen MR) is 69.0 cm³/mol. The van der Waals surface area contributed by atoms with Crippen molar-refractivity contribution in [2.24, 2.45) is 0 Å². The minimum absolute atomic E-state index is 0.0876. The molecular weight excluding hydrogens is 214 g/mol. The molecule has 1 atom stereocenters. The summed E-state index contributed by atoms with van der Waals surface area (Å²) in [6, 6.07) is 4.84. The van der Waals surface area contributed by atoms with Crippen molar-refractivity contribution >= 4 is 5.82 Å². The van der Waals surface area contributed by atoms with Crippen molar-refractivity contribution in [2.75, 3.05) is 18.6 Å². The second-order valence-corrected chi connectivity index (χ2v) is 4.78. The zero-order chi connectivity index (χ0) is 12.3. The van der Waals surface area contributed by atoms with E-state index in [0.717, 1.165) is 12.4 Å². The normalized spacial score (nSPS) is 16.9. The van der Waals surface area contributed by atoms with Crippen LogP contribution in [-0.2, 0) is 6.54 Å². The third kappa shape index (κ3) is 3.17. The number of aromatic nitrogens is 1. The quantitative estimate of drug-likeness (QED) is 0.776. The lowest BCUT2D eigenvalue weighted by molar-refractivity contribution is 0.269. The van der Waals surface area contributed by atoms with Crippen molar-refractivity contribution < 1.29 is 5.11 Å². The molecule has 0 saturated heterocycles. The molecule has 1 aromatic rings. The molecule has 0 amide bonds. The van der Waals surface area contributed by atoms with Crippen LogP contribution in [0.5, 0.6) is 0 Å². The van der Waals surface area contributed by atoms with E-state index in [9.17, 15) is 5.11 Å². The minimum atomic E-state index is 0.0876. The van der Waals surface area contributed by atoms with Gasteiger partial charge < -0.3 is 15.3 Å². The Morgan fingerprint density at radius 3 is 3.00 bits per heavy atom. The van der Waals surface area contributed by atoms with Crippen LogP contribution in [0.4, 0.5) is 5.82 Å². The summed E-state index contributed by atoms with van der Waals surface area (Å²) in [6.45, 7) is 2.99.